The zero-order chi connectivity index (χ0) is 16.7. The fourth-order valence-corrected chi connectivity index (χ4v) is 2.16. The number of nitrogens with one attached hydrogen (secondary N) is 1. The molecule has 0 aliphatic carbocycles. The van der Waals surface area contributed by atoms with Crippen LogP contribution in [0.3, 0.4) is 0 Å². The summed E-state index contributed by atoms with van der Waals surface area (Å²) in [6.07, 6.45) is 3.53. The van der Waals surface area contributed by atoms with E-state index in [4.69, 9.17) is 9.47 Å². The molecule has 1 heterocycles. The number of hydrogen-bond acceptors (Lipinski definition) is 4. The first-order valence-electron chi connectivity index (χ1n) is 7.87. The Bertz CT molecular complexity index is 607. The first-order valence-corrected chi connectivity index (χ1v) is 7.87. The Balaban J connectivity index is 1.96. The number of ether oxygens (including phenoxy) is 2. The van der Waals surface area contributed by atoms with Gasteiger partial charge in [0.1, 0.15) is 6.61 Å². The zero-order valence-corrected chi connectivity index (χ0v) is 14.4. The second kappa shape index (κ2) is 7.97. The Kier molecular flexibility index (Phi) is 5.99. The van der Waals surface area contributed by atoms with Crippen molar-refractivity contribution in [2.24, 2.45) is 5.41 Å². The van der Waals surface area contributed by atoms with Gasteiger partial charge in [0.2, 0.25) is 0 Å². The molecule has 0 saturated heterocycles. The lowest BCUT2D eigenvalue weighted by Gasteiger charge is -2.19. The molecule has 124 valence electrons. The minimum atomic E-state index is 0.275. The summed E-state index contributed by atoms with van der Waals surface area (Å²) >= 11 is 0. The summed E-state index contributed by atoms with van der Waals surface area (Å²) in [5.74, 6) is 1.51. The zero-order valence-electron chi connectivity index (χ0n) is 14.4. The molecule has 0 spiro atoms. The third-order valence-electron chi connectivity index (χ3n) is 3.36. The molecule has 0 amide bonds. The predicted octanol–water partition coefficient (Wildman–Crippen LogP) is 3.80. The van der Waals surface area contributed by atoms with E-state index < -0.39 is 0 Å². The van der Waals surface area contributed by atoms with Gasteiger partial charge in [-0.3, -0.25) is 4.98 Å². The van der Waals surface area contributed by atoms with E-state index in [1.54, 1.807) is 19.5 Å². The molecule has 23 heavy (non-hydrogen) atoms. The van der Waals surface area contributed by atoms with E-state index in [2.05, 4.69) is 37.1 Å². The maximum atomic E-state index is 5.85. The van der Waals surface area contributed by atoms with Gasteiger partial charge < -0.3 is 14.8 Å². The molecule has 1 N–H and O–H groups in total. The van der Waals surface area contributed by atoms with Crippen LogP contribution in [0.25, 0.3) is 0 Å². The second-order valence-electron chi connectivity index (χ2n) is 6.79. The highest BCUT2D eigenvalue weighted by atomic mass is 16.5. The topological polar surface area (TPSA) is 43.4 Å². The molecular weight excluding hydrogens is 288 g/mol. The molecule has 0 aliphatic rings. The summed E-state index contributed by atoms with van der Waals surface area (Å²) in [5.41, 5.74) is 2.54. The van der Waals surface area contributed by atoms with Crippen molar-refractivity contribution < 1.29 is 9.47 Å². The van der Waals surface area contributed by atoms with Crippen molar-refractivity contribution in [2.45, 2.75) is 33.9 Å². The largest absolute Gasteiger partial charge is 0.493 e. The van der Waals surface area contributed by atoms with Gasteiger partial charge in [0, 0.05) is 25.5 Å². The number of methoxy groups -OCH3 is 1. The molecule has 2 aromatic rings. The number of benzene rings is 1. The molecule has 0 bridgehead atoms. The third kappa shape index (κ3) is 5.91. The molecule has 4 heteroatoms. The maximum Gasteiger partial charge on any atom is 0.161 e. The van der Waals surface area contributed by atoms with Crippen LogP contribution >= 0.6 is 0 Å². The van der Waals surface area contributed by atoms with E-state index in [9.17, 15) is 0 Å². The van der Waals surface area contributed by atoms with Crippen LogP contribution in [0.2, 0.25) is 0 Å². The summed E-state index contributed by atoms with van der Waals surface area (Å²) in [6.45, 7) is 8.94. The molecule has 0 saturated carbocycles. The smallest absolute Gasteiger partial charge is 0.161 e. The number of aromatic nitrogens is 1. The van der Waals surface area contributed by atoms with Crippen LogP contribution in [0.15, 0.2) is 42.7 Å². The Morgan fingerprint density at radius 2 is 1.74 bits per heavy atom. The molecule has 4 nitrogen and oxygen atoms in total. The summed E-state index contributed by atoms with van der Waals surface area (Å²) in [6, 6.07) is 9.94. The highest BCUT2D eigenvalue weighted by Crippen LogP contribution is 2.28. The summed E-state index contributed by atoms with van der Waals surface area (Å²) in [4.78, 5) is 4.00. The van der Waals surface area contributed by atoms with Gasteiger partial charge in [0.15, 0.2) is 11.5 Å². The summed E-state index contributed by atoms with van der Waals surface area (Å²) in [7, 11) is 1.67. The number of hydrogen-bond donors (Lipinski definition) is 1. The quantitative estimate of drug-likeness (QED) is 0.844. The van der Waals surface area contributed by atoms with Crippen molar-refractivity contribution in [3.05, 3.63) is 53.9 Å². The van der Waals surface area contributed by atoms with E-state index in [-0.39, 0.29) is 5.41 Å². The Morgan fingerprint density at radius 1 is 1.00 bits per heavy atom. The number of pyridine rings is 1. The van der Waals surface area contributed by atoms with Crippen molar-refractivity contribution in [1.29, 1.82) is 0 Å². The van der Waals surface area contributed by atoms with E-state index in [0.717, 1.165) is 30.2 Å². The van der Waals surface area contributed by atoms with Gasteiger partial charge in [-0.25, -0.2) is 0 Å². The highest BCUT2D eigenvalue weighted by molar-refractivity contribution is 5.43. The minimum Gasteiger partial charge on any atom is -0.493 e. The van der Waals surface area contributed by atoms with Crippen LogP contribution in [0, 0.1) is 5.41 Å². The Labute approximate surface area is 138 Å². The molecule has 2 rings (SSSR count). The average molecular weight is 314 g/mol. The van der Waals surface area contributed by atoms with E-state index in [1.165, 1.54) is 5.56 Å². The van der Waals surface area contributed by atoms with Crippen molar-refractivity contribution >= 4 is 0 Å². The van der Waals surface area contributed by atoms with Crippen LogP contribution in [-0.2, 0) is 13.2 Å². The standard InChI is InChI=1S/C19H26N2O2/c1-19(2,3)14-21-12-16-5-6-17(18(11-16)22-4)23-13-15-7-9-20-10-8-15/h5-11,21H,12-14H2,1-4H3. The summed E-state index contributed by atoms with van der Waals surface area (Å²) < 4.78 is 11.3. The van der Waals surface area contributed by atoms with Gasteiger partial charge in [-0.15, -0.1) is 0 Å². The Hall–Kier alpha value is -2.07. The van der Waals surface area contributed by atoms with Crippen molar-refractivity contribution in [1.82, 2.24) is 10.3 Å². The molecular formula is C19H26N2O2. The third-order valence-corrected chi connectivity index (χ3v) is 3.36. The monoisotopic (exact) mass is 314 g/mol. The van der Waals surface area contributed by atoms with E-state index in [1.807, 2.05) is 24.3 Å². The van der Waals surface area contributed by atoms with Gasteiger partial charge in [-0.2, -0.15) is 0 Å². The van der Waals surface area contributed by atoms with Crippen LogP contribution in [0.1, 0.15) is 31.9 Å². The lowest BCUT2D eigenvalue weighted by atomic mass is 9.97. The molecule has 0 atom stereocenters. The second-order valence-corrected chi connectivity index (χ2v) is 6.79. The van der Waals surface area contributed by atoms with Crippen molar-refractivity contribution in [3.63, 3.8) is 0 Å². The van der Waals surface area contributed by atoms with Crippen LogP contribution < -0.4 is 14.8 Å². The highest BCUT2D eigenvalue weighted by Gasteiger charge is 2.10. The van der Waals surface area contributed by atoms with Crippen LogP contribution in [0.5, 0.6) is 11.5 Å². The van der Waals surface area contributed by atoms with Crippen LogP contribution in [-0.4, -0.2) is 18.6 Å². The van der Waals surface area contributed by atoms with Gasteiger partial charge >= 0.3 is 0 Å². The summed E-state index contributed by atoms with van der Waals surface area (Å²) in [5, 5.41) is 3.47. The fraction of sp³-hybridized carbons (Fsp3) is 0.421. The van der Waals surface area contributed by atoms with Crippen molar-refractivity contribution in [2.75, 3.05) is 13.7 Å². The number of rotatable bonds is 7. The van der Waals surface area contributed by atoms with Gasteiger partial charge in [0.05, 0.1) is 7.11 Å². The lowest BCUT2D eigenvalue weighted by molar-refractivity contribution is 0.284. The van der Waals surface area contributed by atoms with Crippen LogP contribution in [0.4, 0.5) is 0 Å². The fourth-order valence-electron chi connectivity index (χ4n) is 2.16. The molecule has 0 fully saturated rings. The molecule has 1 aromatic heterocycles. The molecule has 1 aromatic carbocycles. The first kappa shape index (κ1) is 17.3. The van der Waals surface area contributed by atoms with Gasteiger partial charge in [-0.05, 0) is 40.8 Å². The van der Waals surface area contributed by atoms with Gasteiger partial charge in [0.25, 0.3) is 0 Å². The SMILES string of the molecule is COc1cc(CNCC(C)(C)C)ccc1OCc1ccncc1. The molecule has 0 aliphatic heterocycles. The van der Waals surface area contributed by atoms with Crippen molar-refractivity contribution in [3.8, 4) is 11.5 Å². The van der Waals surface area contributed by atoms with E-state index >= 15 is 0 Å². The predicted molar refractivity (Wildman–Crippen MR) is 92.7 cm³/mol. The maximum absolute atomic E-state index is 5.85. The Morgan fingerprint density at radius 3 is 2.39 bits per heavy atom. The minimum absolute atomic E-state index is 0.275. The first-order chi connectivity index (χ1) is 11.0. The molecule has 0 radical (unpaired) electrons. The average Bonchev–Trinajstić information content (AvgIpc) is 2.53. The lowest BCUT2D eigenvalue weighted by Crippen LogP contribution is -2.26. The number of nitrogens with zero attached hydrogens (tertiary/aromatic N) is 1. The normalized spacial score (nSPS) is 11.3. The van der Waals surface area contributed by atoms with E-state index in [0.29, 0.717) is 6.61 Å². The van der Waals surface area contributed by atoms with Gasteiger partial charge in [-0.1, -0.05) is 26.8 Å². The molecule has 0 unspecified atom stereocenters.